The van der Waals surface area contributed by atoms with Crippen LogP contribution in [0, 0.1) is 0 Å². The predicted molar refractivity (Wildman–Crippen MR) is 78.0 cm³/mol. The van der Waals surface area contributed by atoms with Crippen LogP contribution in [0.3, 0.4) is 0 Å². The second kappa shape index (κ2) is 4.52. The van der Waals surface area contributed by atoms with Gasteiger partial charge < -0.3 is 10.6 Å². The summed E-state index contributed by atoms with van der Waals surface area (Å²) in [5.41, 5.74) is 6.03. The van der Waals surface area contributed by atoms with Crippen molar-refractivity contribution in [3.05, 3.63) is 22.7 Å². The summed E-state index contributed by atoms with van der Waals surface area (Å²) in [6.07, 6.45) is 2.36. The molecule has 0 bridgehead atoms. The highest BCUT2D eigenvalue weighted by Gasteiger charge is 2.35. The Balaban J connectivity index is 1.61. The van der Waals surface area contributed by atoms with Crippen LogP contribution in [0.1, 0.15) is 53.9 Å². The van der Waals surface area contributed by atoms with Crippen LogP contribution in [0.15, 0.2) is 5.38 Å². The quantitative estimate of drug-likeness (QED) is 0.906. The van der Waals surface area contributed by atoms with Crippen LogP contribution in [0.4, 0.5) is 5.13 Å². The maximum Gasteiger partial charge on any atom is 0.274 e. The Bertz CT molecular complexity index is 703. The summed E-state index contributed by atoms with van der Waals surface area (Å²) in [7, 11) is 0. The minimum absolute atomic E-state index is 0.0855. The number of carbonyl (C=O) groups is 1. The van der Waals surface area contributed by atoms with E-state index < -0.39 is 0 Å². The minimum Gasteiger partial charge on any atom is -0.375 e. The van der Waals surface area contributed by atoms with Gasteiger partial charge in [0.1, 0.15) is 11.5 Å². The summed E-state index contributed by atoms with van der Waals surface area (Å²) in [6.45, 7) is 3.30. The number of aromatic nitrogens is 4. The Hall–Kier alpha value is -1.96. The molecule has 0 radical (unpaired) electrons. The molecule has 7 nitrogen and oxygen atoms in total. The van der Waals surface area contributed by atoms with E-state index in [1.165, 1.54) is 24.2 Å². The number of rotatable bonds is 2. The monoisotopic (exact) mass is 304 g/mol. The molecule has 3 heterocycles. The summed E-state index contributed by atoms with van der Waals surface area (Å²) in [6, 6.07) is -0.0887. The van der Waals surface area contributed by atoms with Crippen molar-refractivity contribution in [2.45, 2.75) is 38.3 Å². The molecule has 1 atom stereocenters. The van der Waals surface area contributed by atoms with E-state index in [-0.39, 0.29) is 11.9 Å². The first-order valence-corrected chi connectivity index (χ1v) is 7.98. The highest BCUT2D eigenvalue weighted by atomic mass is 32.1. The Morgan fingerprint density at radius 3 is 2.86 bits per heavy atom. The van der Waals surface area contributed by atoms with Crippen LogP contribution in [0.5, 0.6) is 0 Å². The summed E-state index contributed by atoms with van der Waals surface area (Å²) >= 11 is 1.29. The van der Waals surface area contributed by atoms with Gasteiger partial charge in [0.05, 0.1) is 12.6 Å². The van der Waals surface area contributed by atoms with Gasteiger partial charge in [-0.15, -0.1) is 11.3 Å². The van der Waals surface area contributed by atoms with Gasteiger partial charge in [-0.25, -0.2) is 14.6 Å². The molecule has 4 rings (SSSR count). The largest absolute Gasteiger partial charge is 0.375 e. The molecule has 0 unspecified atom stereocenters. The highest BCUT2D eigenvalue weighted by Crippen LogP contribution is 2.39. The number of carbonyl (C=O) groups excluding carboxylic acids is 1. The van der Waals surface area contributed by atoms with E-state index in [0.717, 1.165) is 11.6 Å². The summed E-state index contributed by atoms with van der Waals surface area (Å²) in [5, 5.41) is 6.69. The van der Waals surface area contributed by atoms with Gasteiger partial charge in [-0.3, -0.25) is 4.79 Å². The lowest BCUT2D eigenvalue weighted by molar-refractivity contribution is 0.0625. The number of hydrogen-bond acceptors (Lipinski definition) is 6. The zero-order chi connectivity index (χ0) is 14.6. The molecule has 1 aliphatic heterocycles. The van der Waals surface area contributed by atoms with E-state index >= 15 is 0 Å². The van der Waals surface area contributed by atoms with Crippen LogP contribution < -0.4 is 5.73 Å². The van der Waals surface area contributed by atoms with Crippen molar-refractivity contribution in [1.82, 2.24) is 24.6 Å². The average molecular weight is 304 g/mol. The third kappa shape index (κ3) is 2.10. The van der Waals surface area contributed by atoms with Gasteiger partial charge in [0.15, 0.2) is 11.0 Å². The molecule has 8 heteroatoms. The van der Waals surface area contributed by atoms with Gasteiger partial charge in [-0.2, -0.15) is 5.10 Å². The molecular formula is C13H16N6OS. The summed E-state index contributed by atoms with van der Waals surface area (Å²) in [5.74, 6) is 2.25. The Morgan fingerprint density at radius 1 is 1.38 bits per heavy atom. The molecule has 1 aliphatic carbocycles. The van der Waals surface area contributed by atoms with Crippen molar-refractivity contribution in [2.75, 3.05) is 12.3 Å². The number of nitrogen functional groups attached to an aromatic ring is 1. The maximum atomic E-state index is 12.5. The molecule has 2 aromatic rings. The number of nitrogens with two attached hydrogens (primary N) is 1. The Kier molecular flexibility index (Phi) is 2.75. The molecule has 1 saturated carbocycles. The number of hydrogen-bond donors (Lipinski definition) is 1. The molecule has 21 heavy (non-hydrogen) atoms. The number of nitrogens with zero attached hydrogens (tertiary/aromatic N) is 5. The smallest absolute Gasteiger partial charge is 0.274 e. The van der Waals surface area contributed by atoms with E-state index in [1.54, 1.807) is 10.3 Å². The van der Waals surface area contributed by atoms with E-state index in [2.05, 4.69) is 15.1 Å². The van der Waals surface area contributed by atoms with Gasteiger partial charge in [-0.1, -0.05) is 0 Å². The molecule has 2 aliphatic rings. The molecule has 110 valence electrons. The van der Waals surface area contributed by atoms with Gasteiger partial charge >= 0.3 is 0 Å². The van der Waals surface area contributed by atoms with Crippen LogP contribution in [-0.2, 0) is 6.54 Å². The normalized spacial score (nSPS) is 21.4. The van der Waals surface area contributed by atoms with Crippen LogP contribution in [0.25, 0.3) is 0 Å². The first-order chi connectivity index (χ1) is 10.1. The average Bonchev–Trinajstić information content (AvgIpc) is 3.08. The number of amides is 1. The third-order valence-corrected chi connectivity index (χ3v) is 4.73. The van der Waals surface area contributed by atoms with E-state index in [9.17, 15) is 4.79 Å². The number of anilines is 1. The standard InChI is InChI=1S/C13H16N6OS/c1-7-11-16-10(8-2-3-8)17-19(11)5-4-18(7)12(20)9-6-21-13(14)15-9/h6-8H,2-5H2,1H3,(H2,14,15)/t7-/m1/s1. The Morgan fingerprint density at radius 2 is 2.19 bits per heavy atom. The first-order valence-electron chi connectivity index (χ1n) is 7.10. The first kappa shape index (κ1) is 12.8. The predicted octanol–water partition coefficient (Wildman–Crippen LogP) is 1.41. The number of thiazole rings is 1. The van der Waals surface area contributed by atoms with Gasteiger partial charge in [0.2, 0.25) is 0 Å². The van der Waals surface area contributed by atoms with Crippen LogP contribution in [0.2, 0.25) is 0 Å². The van der Waals surface area contributed by atoms with Crippen molar-refractivity contribution in [3.63, 3.8) is 0 Å². The van der Waals surface area contributed by atoms with Crippen LogP contribution in [-0.4, -0.2) is 37.1 Å². The molecule has 1 fully saturated rings. The van der Waals surface area contributed by atoms with E-state index in [1.807, 2.05) is 11.6 Å². The molecule has 0 spiro atoms. The summed E-state index contributed by atoms with van der Waals surface area (Å²) < 4.78 is 1.94. The third-order valence-electron chi connectivity index (χ3n) is 4.06. The zero-order valence-corrected chi connectivity index (χ0v) is 12.5. The van der Waals surface area contributed by atoms with Gasteiger partial charge in [0, 0.05) is 17.8 Å². The lowest BCUT2D eigenvalue weighted by Gasteiger charge is -2.32. The topological polar surface area (TPSA) is 89.9 Å². The molecule has 0 aromatic carbocycles. The molecule has 2 N–H and O–H groups in total. The Labute approximate surface area is 125 Å². The fraction of sp³-hybridized carbons (Fsp3) is 0.538. The fourth-order valence-electron chi connectivity index (χ4n) is 2.71. The van der Waals surface area contributed by atoms with E-state index in [4.69, 9.17) is 5.73 Å². The second-order valence-corrected chi connectivity index (χ2v) is 6.46. The number of fused-ring (bicyclic) bond motifs is 1. The maximum absolute atomic E-state index is 12.5. The molecule has 1 amide bonds. The van der Waals surface area contributed by atoms with Crippen LogP contribution >= 0.6 is 11.3 Å². The molecule has 2 aromatic heterocycles. The zero-order valence-electron chi connectivity index (χ0n) is 11.7. The minimum atomic E-state index is -0.0887. The van der Waals surface area contributed by atoms with Crippen molar-refractivity contribution >= 4 is 22.4 Å². The highest BCUT2D eigenvalue weighted by molar-refractivity contribution is 7.13. The molecular weight excluding hydrogens is 288 g/mol. The van der Waals surface area contributed by atoms with Gasteiger partial charge in [-0.05, 0) is 19.8 Å². The van der Waals surface area contributed by atoms with Crippen molar-refractivity contribution in [1.29, 1.82) is 0 Å². The summed E-state index contributed by atoms with van der Waals surface area (Å²) in [4.78, 5) is 23.1. The lowest BCUT2D eigenvalue weighted by atomic mass is 10.2. The van der Waals surface area contributed by atoms with Crippen molar-refractivity contribution in [2.24, 2.45) is 0 Å². The van der Waals surface area contributed by atoms with Crippen molar-refractivity contribution in [3.8, 4) is 0 Å². The van der Waals surface area contributed by atoms with Crippen molar-refractivity contribution < 1.29 is 4.79 Å². The second-order valence-electron chi connectivity index (χ2n) is 5.57. The lowest BCUT2D eigenvalue weighted by Crippen LogP contribution is -2.41. The van der Waals surface area contributed by atoms with Gasteiger partial charge in [0.25, 0.3) is 5.91 Å². The van der Waals surface area contributed by atoms with E-state index in [0.29, 0.717) is 29.8 Å². The fourth-order valence-corrected chi connectivity index (χ4v) is 3.24. The molecule has 0 saturated heterocycles. The SMILES string of the molecule is C[C@@H]1c2nc(C3CC3)nn2CCN1C(=O)c1csc(N)n1.